The summed E-state index contributed by atoms with van der Waals surface area (Å²) < 4.78 is 34.1. The summed E-state index contributed by atoms with van der Waals surface area (Å²) in [6, 6.07) is 0. The monoisotopic (exact) mass is 334 g/mol. The Morgan fingerprint density at radius 1 is 0.571 bits per heavy atom. The summed E-state index contributed by atoms with van der Waals surface area (Å²) in [4.78, 5) is 0. The quantitative estimate of drug-likeness (QED) is 0.236. The molecule has 0 aromatic heterocycles. The maximum atomic E-state index is 8.52. The van der Waals surface area contributed by atoms with Crippen LogP contribution in [-0.4, -0.2) is 55.9 Å². The number of rotatable bonds is 0. The van der Waals surface area contributed by atoms with E-state index >= 15 is 0 Å². The Labute approximate surface area is 101 Å². The maximum absolute atomic E-state index is 8.52. The van der Waals surface area contributed by atoms with Crippen LogP contribution < -0.4 is 0 Å². The van der Waals surface area contributed by atoms with E-state index in [0.717, 1.165) is 0 Å². The minimum Gasteiger partial charge on any atom is -0.759 e. The predicted molar refractivity (Wildman–Crippen MR) is 35.8 cm³/mol. The van der Waals surface area contributed by atoms with Gasteiger partial charge in [0.1, 0.15) is 0 Å². The van der Waals surface area contributed by atoms with Gasteiger partial charge in [0.25, 0.3) is 0 Å². The molecule has 14 heteroatoms. The molecule has 0 amide bonds. The van der Waals surface area contributed by atoms with Gasteiger partial charge in [-0.3, -0.25) is 8.42 Å². The van der Waals surface area contributed by atoms with Crippen molar-refractivity contribution in [3.8, 4) is 0 Å². The fraction of sp³-hybridized carbons (Fsp3) is 0. The molecule has 0 unspecified atom stereocenters. The van der Waals surface area contributed by atoms with Crippen LogP contribution in [-0.2, 0) is 44.5 Å². The zero-order valence-corrected chi connectivity index (χ0v) is 9.27. The van der Waals surface area contributed by atoms with Gasteiger partial charge in [0.15, 0.2) is 0 Å². The molecule has 0 aromatic carbocycles. The fourth-order valence-corrected chi connectivity index (χ4v) is 0. The molecule has 14 heavy (non-hydrogen) atoms. The molecule has 0 bridgehead atoms. The van der Waals surface area contributed by atoms with E-state index in [1.807, 2.05) is 0 Å². The first-order valence-electron chi connectivity index (χ1n) is 0.667. The molecule has 0 spiro atoms. The molecule has 0 saturated carbocycles. The molecule has 0 radical (unpaired) electrons. The van der Waals surface area contributed by atoms with Crippen molar-refractivity contribution in [2.75, 3.05) is 0 Å². The summed E-state index contributed by atoms with van der Waals surface area (Å²) in [6.45, 7) is 0. The molecule has 0 aliphatic carbocycles. The average molecular weight is 334 g/mol. The van der Waals surface area contributed by atoms with Gasteiger partial charge in [-0.15, -0.1) is 0 Å². The normalized spacial score (nSPS) is 4.14. The van der Waals surface area contributed by atoms with Crippen molar-refractivity contribution in [2.24, 2.45) is 0 Å². The Morgan fingerprint density at radius 2 is 0.571 bits per heavy atom. The average Bonchev–Trinajstić information content (AvgIpc) is 0.722. The second-order valence-corrected chi connectivity index (χ2v) is 1.22. The molecule has 104 valence electrons. The van der Waals surface area contributed by atoms with Gasteiger partial charge in [0, 0.05) is 44.5 Å². The van der Waals surface area contributed by atoms with Gasteiger partial charge >= 0.3 is 0 Å². The van der Waals surface area contributed by atoms with Crippen LogP contribution in [0.1, 0.15) is 0 Å². The van der Waals surface area contributed by atoms with E-state index in [-0.39, 0.29) is 72.5 Å². The van der Waals surface area contributed by atoms with Crippen LogP contribution in [0.2, 0.25) is 0 Å². The van der Waals surface area contributed by atoms with Gasteiger partial charge in [-0.2, -0.15) is 0 Å². The van der Waals surface area contributed by atoms with E-state index in [1.165, 1.54) is 0 Å². The van der Waals surface area contributed by atoms with Crippen LogP contribution in [0.3, 0.4) is 0 Å². The third-order valence-electron chi connectivity index (χ3n) is 0. The first-order valence-corrected chi connectivity index (χ1v) is 2.00. The van der Waals surface area contributed by atoms with E-state index in [4.69, 9.17) is 17.5 Å². The summed E-state index contributed by atoms with van der Waals surface area (Å²) in [5.74, 6) is 0. The van der Waals surface area contributed by atoms with Gasteiger partial charge in [-0.05, 0) is 0 Å². The Hall–Kier alpha value is 0.629. The Bertz CT molecular complexity index is 96.5. The molecule has 0 rings (SSSR count). The Morgan fingerprint density at radius 3 is 0.571 bits per heavy atom. The van der Waals surface area contributed by atoms with Crippen LogP contribution in [0.4, 0.5) is 0 Å². The molecule has 0 aliphatic rings. The van der Waals surface area contributed by atoms with Gasteiger partial charge in [0.2, 0.25) is 0 Å². The van der Waals surface area contributed by atoms with Gasteiger partial charge < -0.3 is 47.4 Å². The van der Waals surface area contributed by atoms with E-state index in [2.05, 4.69) is 0 Å². The largest absolute Gasteiger partial charge is 0.759 e. The minimum absolute atomic E-state index is 0. The topological polar surface area (TPSA) is 301 Å². The summed E-state index contributed by atoms with van der Waals surface area (Å²) in [6.07, 6.45) is 0. The van der Waals surface area contributed by atoms with Crippen molar-refractivity contribution >= 4 is 10.4 Å². The van der Waals surface area contributed by atoms with Crippen molar-refractivity contribution < 1.29 is 90.0 Å². The molecule has 0 atom stereocenters. The van der Waals surface area contributed by atoms with E-state index < -0.39 is 10.4 Å². The summed E-state index contributed by atoms with van der Waals surface area (Å²) in [7, 11) is -5.17. The zero-order chi connectivity index (χ0) is 4.50. The molecule has 0 heterocycles. The predicted octanol–water partition coefficient (Wildman–Crippen LogP) is -7.12. The molecule has 0 fully saturated rings. The Balaban J connectivity index is -0.00000000222. The SMILES string of the molecule is O.O.O.O.O.O.O.O=S(=O)([O-])[O-].[Fe].[Fe]. The second kappa shape index (κ2) is 49.5. The standard InChI is InChI=1S/2Fe.H2O4S.7H2O/c;;1-5(2,3)4;;;;;;;/h;;(H2,1,2,3,4);7*1H2/p-2. The van der Waals surface area contributed by atoms with Gasteiger partial charge in [0.05, 0.1) is 0 Å². The van der Waals surface area contributed by atoms with Crippen molar-refractivity contribution in [2.45, 2.75) is 0 Å². The Kier molecular flexibility index (Phi) is 448. The molecule has 0 saturated heterocycles. The van der Waals surface area contributed by atoms with Gasteiger partial charge in [-0.1, -0.05) is 0 Å². The van der Waals surface area contributed by atoms with Crippen LogP contribution in [0.15, 0.2) is 0 Å². The third kappa shape index (κ3) is 4320. The van der Waals surface area contributed by atoms with Crippen LogP contribution in [0, 0.1) is 0 Å². The van der Waals surface area contributed by atoms with Crippen LogP contribution >= 0.6 is 0 Å². The first-order chi connectivity index (χ1) is 2.00. The van der Waals surface area contributed by atoms with Crippen molar-refractivity contribution in [3.05, 3.63) is 0 Å². The molecule has 14 N–H and O–H groups in total. The van der Waals surface area contributed by atoms with Crippen molar-refractivity contribution in [3.63, 3.8) is 0 Å². The molecular formula is H14Fe2O11S-2. The summed E-state index contributed by atoms with van der Waals surface area (Å²) >= 11 is 0. The molecule has 0 aromatic rings. The fourth-order valence-electron chi connectivity index (χ4n) is 0. The second-order valence-electron chi connectivity index (χ2n) is 0.408. The maximum Gasteiger partial charge on any atom is 0.0311 e. The number of hydrogen-bond acceptors (Lipinski definition) is 4. The summed E-state index contributed by atoms with van der Waals surface area (Å²) in [5, 5.41) is 0. The smallest absolute Gasteiger partial charge is 0.0311 e. The number of hydrogen-bond donors (Lipinski definition) is 0. The minimum atomic E-state index is -5.17. The molecule has 11 nitrogen and oxygen atoms in total. The molecular weight excluding hydrogens is 320 g/mol. The summed E-state index contributed by atoms with van der Waals surface area (Å²) in [5.41, 5.74) is 0. The van der Waals surface area contributed by atoms with Crippen molar-refractivity contribution in [1.82, 2.24) is 0 Å². The van der Waals surface area contributed by atoms with Crippen LogP contribution in [0.5, 0.6) is 0 Å². The van der Waals surface area contributed by atoms with E-state index in [0.29, 0.717) is 0 Å². The molecule has 0 aliphatic heterocycles. The first kappa shape index (κ1) is 127. The van der Waals surface area contributed by atoms with E-state index in [1.54, 1.807) is 0 Å². The van der Waals surface area contributed by atoms with E-state index in [9.17, 15) is 0 Å². The zero-order valence-electron chi connectivity index (χ0n) is 6.25. The van der Waals surface area contributed by atoms with Crippen molar-refractivity contribution in [1.29, 1.82) is 0 Å². The van der Waals surface area contributed by atoms with Crippen LogP contribution in [0.25, 0.3) is 0 Å². The third-order valence-corrected chi connectivity index (χ3v) is 0. The van der Waals surface area contributed by atoms with Gasteiger partial charge in [-0.25, -0.2) is 0 Å².